The second kappa shape index (κ2) is 16.1. The van der Waals surface area contributed by atoms with Gasteiger partial charge in [0.2, 0.25) is 0 Å². The van der Waals surface area contributed by atoms with Crippen LogP contribution >= 0.6 is 0 Å². The standard InChI is InChI=1S/C8H6O4.2C7H14/c9-7(10)5-3-1-2-4-6(5)8(11)12;2*1-4-5-6-7(2)3/h1-4H,(H,9,10)(H,11,12);2*2,4-6H2,1,3H3. The highest BCUT2D eigenvalue weighted by Gasteiger charge is 2.13. The number of aromatic carboxylic acids is 2. The molecule has 0 atom stereocenters. The zero-order chi connectivity index (χ0) is 20.5. The molecule has 0 fully saturated rings. The highest BCUT2D eigenvalue weighted by atomic mass is 16.4. The van der Waals surface area contributed by atoms with Crippen LogP contribution in [-0.4, -0.2) is 22.2 Å². The number of unbranched alkanes of at least 4 members (excludes halogenated alkanes) is 2. The Hall–Kier alpha value is -2.36. The number of hydrogen-bond acceptors (Lipinski definition) is 2. The third-order valence-corrected chi connectivity index (χ3v) is 3.30. The van der Waals surface area contributed by atoms with Gasteiger partial charge in [-0.25, -0.2) is 9.59 Å². The first-order valence-electron chi connectivity index (χ1n) is 9.01. The molecule has 1 rings (SSSR count). The van der Waals surface area contributed by atoms with E-state index in [1.54, 1.807) is 0 Å². The number of carbonyl (C=O) groups is 2. The van der Waals surface area contributed by atoms with Gasteiger partial charge in [0.05, 0.1) is 11.1 Å². The lowest BCUT2D eigenvalue weighted by atomic mass is 10.1. The van der Waals surface area contributed by atoms with Crippen molar-refractivity contribution in [3.05, 3.63) is 59.7 Å². The van der Waals surface area contributed by atoms with E-state index >= 15 is 0 Å². The lowest BCUT2D eigenvalue weighted by molar-refractivity contribution is 0.0651. The fraction of sp³-hybridized carbons (Fsp3) is 0.455. The van der Waals surface area contributed by atoms with Crippen molar-refractivity contribution in [2.75, 3.05) is 0 Å². The molecule has 26 heavy (non-hydrogen) atoms. The molecule has 0 aromatic heterocycles. The molecule has 2 N–H and O–H groups in total. The predicted octanol–water partition coefficient (Wildman–Crippen LogP) is 6.59. The summed E-state index contributed by atoms with van der Waals surface area (Å²) in [7, 11) is 0. The van der Waals surface area contributed by atoms with Gasteiger partial charge in [-0.3, -0.25) is 0 Å². The molecule has 0 aliphatic rings. The Kier molecular flexibility index (Phi) is 16.0. The number of carboxylic acids is 2. The van der Waals surface area contributed by atoms with Crippen LogP contribution in [0.3, 0.4) is 0 Å². The van der Waals surface area contributed by atoms with E-state index in [4.69, 9.17) is 10.2 Å². The maximum Gasteiger partial charge on any atom is 0.336 e. The zero-order valence-electron chi connectivity index (χ0n) is 16.7. The molecule has 146 valence electrons. The Labute approximate surface area is 158 Å². The molecule has 0 aliphatic heterocycles. The monoisotopic (exact) mass is 362 g/mol. The van der Waals surface area contributed by atoms with E-state index in [-0.39, 0.29) is 11.1 Å². The predicted molar refractivity (Wildman–Crippen MR) is 109 cm³/mol. The molecular formula is C22H34O4. The molecule has 0 heterocycles. The molecule has 1 aromatic carbocycles. The number of allylic oxidation sites excluding steroid dienone is 2. The molecule has 0 aliphatic carbocycles. The van der Waals surface area contributed by atoms with Crippen LogP contribution in [0.4, 0.5) is 0 Å². The largest absolute Gasteiger partial charge is 0.478 e. The van der Waals surface area contributed by atoms with E-state index < -0.39 is 11.9 Å². The van der Waals surface area contributed by atoms with Crippen molar-refractivity contribution in [2.24, 2.45) is 0 Å². The first-order chi connectivity index (χ1) is 12.2. The fourth-order valence-corrected chi connectivity index (χ4v) is 1.81. The fourth-order valence-electron chi connectivity index (χ4n) is 1.81. The Morgan fingerprint density at radius 1 is 0.808 bits per heavy atom. The molecule has 0 spiro atoms. The number of benzene rings is 1. The summed E-state index contributed by atoms with van der Waals surface area (Å²) >= 11 is 0. The lowest BCUT2D eigenvalue weighted by Crippen LogP contribution is -2.06. The van der Waals surface area contributed by atoms with Crippen LogP contribution in [0.1, 0.15) is 86.9 Å². The van der Waals surface area contributed by atoms with Crippen LogP contribution in [0.5, 0.6) is 0 Å². The van der Waals surface area contributed by atoms with E-state index in [1.807, 2.05) is 0 Å². The van der Waals surface area contributed by atoms with Crippen molar-refractivity contribution in [3.8, 4) is 0 Å². The number of hydrogen-bond donors (Lipinski definition) is 2. The summed E-state index contributed by atoms with van der Waals surface area (Å²) in [5.74, 6) is -2.46. The van der Waals surface area contributed by atoms with Crippen LogP contribution in [0, 0.1) is 0 Å². The minimum atomic E-state index is -1.23. The summed E-state index contributed by atoms with van der Waals surface area (Å²) in [5, 5.41) is 17.1. The molecule has 0 unspecified atom stereocenters. The van der Waals surface area contributed by atoms with E-state index in [0.29, 0.717) is 0 Å². The second-order valence-corrected chi connectivity index (χ2v) is 6.28. The zero-order valence-corrected chi connectivity index (χ0v) is 16.7. The van der Waals surface area contributed by atoms with Gasteiger partial charge in [0.15, 0.2) is 0 Å². The normalized spacial score (nSPS) is 9.08. The van der Waals surface area contributed by atoms with Crippen molar-refractivity contribution in [1.82, 2.24) is 0 Å². The summed E-state index contributed by atoms with van der Waals surface area (Å²) in [4.78, 5) is 20.9. The molecule has 1 aromatic rings. The molecule has 0 radical (unpaired) electrons. The van der Waals surface area contributed by atoms with Gasteiger partial charge in [0, 0.05) is 0 Å². The summed E-state index contributed by atoms with van der Waals surface area (Å²) in [6.07, 6.45) is 7.58. The van der Waals surface area contributed by atoms with Crippen molar-refractivity contribution in [3.63, 3.8) is 0 Å². The third-order valence-electron chi connectivity index (χ3n) is 3.30. The first-order valence-corrected chi connectivity index (χ1v) is 9.01. The molecule has 0 saturated carbocycles. The van der Waals surface area contributed by atoms with Crippen molar-refractivity contribution < 1.29 is 19.8 Å². The Morgan fingerprint density at radius 2 is 1.12 bits per heavy atom. The van der Waals surface area contributed by atoms with Crippen LogP contribution < -0.4 is 0 Å². The van der Waals surface area contributed by atoms with E-state index in [0.717, 1.165) is 0 Å². The summed E-state index contributed by atoms with van der Waals surface area (Å²) in [6.45, 7) is 16.1. The topological polar surface area (TPSA) is 74.6 Å². The van der Waals surface area contributed by atoms with Gasteiger partial charge in [-0.1, -0.05) is 50.0 Å². The first kappa shape index (κ1) is 25.9. The SMILES string of the molecule is C=C(C)CCCC.C=C(C)CCCC.O=C(O)c1ccccc1C(=O)O. The average Bonchev–Trinajstić information content (AvgIpc) is 2.59. The maximum atomic E-state index is 10.5. The minimum Gasteiger partial charge on any atom is -0.478 e. The molecule has 0 bridgehead atoms. The van der Waals surface area contributed by atoms with E-state index in [1.165, 1.54) is 73.9 Å². The van der Waals surface area contributed by atoms with Gasteiger partial charge in [-0.2, -0.15) is 0 Å². The minimum absolute atomic E-state index is 0.190. The van der Waals surface area contributed by atoms with E-state index in [2.05, 4.69) is 40.9 Å². The summed E-state index contributed by atoms with van der Waals surface area (Å²) in [5.41, 5.74) is 2.23. The van der Waals surface area contributed by atoms with Gasteiger partial charge in [-0.05, 0) is 51.7 Å². The van der Waals surface area contributed by atoms with Gasteiger partial charge in [0.25, 0.3) is 0 Å². The summed E-state index contributed by atoms with van der Waals surface area (Å²) in [6, 6.07) is 5.48. The Morgan fingerprint density at radius 3 is 1.27 bits per heavy atom. The third kappa shape index (κ3) is 15.2. The Balaban J connectivity index is 0. The highest BCUT2D eigenvalue weighted by Crippen LogP contribution is 2.08. The average molecular weight is 363 g/mol. The van der Waals surface area contributed by atoms with Crippen molar-refractivity contribution in [1.29, 1.82) is 0 Å². The smallest absolute Gasteiger partial charge is 0.336 e. The molecule has 4 heteroatoms. The highest BCUT2D eigenvalue weighted by molar-refractivity contribution is 6.01. The van der Waals surface area contributed by atoms with Crippen LogP contribution in [0.15, 0.2) is 48.6 Å². The molecular weight excluding hydrogens is 328 g/mol. The lowest BCUT2D eigenvalue weighted by Gasteiger charge is -1.98. The van der Waals surface area contributed by atoms with E-state index in [9.17, 15) is 9.59 Å². The number of carboxylic acid groups (broad SMARTS) is 2. The van der Waals surface area contributed by atoms with Crippen LogP contribution in [0.25, 0.3) is 0 Å². The van der Waals surface area contributed by atoms with Gasteiger partial charge in [0.1, 0.15) is 0 Å². The molecule has 0 amide bonds. The van der Waals surface area contributed by atoms with Gasteiger partial charge < -0.3 is 10.2 Å². The van der Waals surface area contributed by atoms with Crippen LogP contribution in [-0.2, 0) is 0 Å². The second-order valence-electron chi connectivity index (χ2n) is 6.28. The van der Waals surface area contributed by atoms with Gasteiger partial charge in [-0.15, -0.1) is 13.2 Å². The van der Waals surface area contributed by atoms with Crippen molar-refractivity contribution >= 4 is 11.9 Å². The van der Waals surface area contributed by atoms with Gasteiger partial charge >= 0.3 is 11.9 Å². The quantitative estimate of drug-likeness (QED) is 0.512. The Bertz CT molecular complexity index is 522. The van der Waals surface area contributed by atoms with Crippen molar-refractivity contribution in [2.45, 2.75) is 66.2 Å². The van der Waals surface area contributed by atoms with Crippen LogP contribution in [0.2, 0.25) is 0 Å². The molecule has 4 nitrogen and oxygen atoms in total. The molecule has 0 saturated heterocycles. The summed E-state index contributed by atoms with van der Waals surface area (Å²) < 4.78 is 0. The maximum absolute atomic E-state index is 10.5. The number of rotatable bonds is 8.